The molecule has 0 aliphatic rings. The molecule has 0 heterocycles. The molecule has 1 amide bonds. The van der Waals surface area contributed by atoms with E-state index in [9.17, 15) is 4.79 Å². The summed E-state index contributed by atoms with van der Waals surface area (Å²) < 4.78 is 4.85. The summed E-state index contributed by atoms with van der Waals surface area (Å²) in [6, 6.07) is 5.50. The van der Waals surface area contributed by atoms with Crippen LogP contribution in [0, 0.1) is 6.92 Å². The van der Waals surface area contributed by atoms with Crippen LogP contribution in [0.1, 0.15) is 16.7 Å². The number of oxime groups is 1. The van der Waals surface area contributed by atoms with Gasteiger partial charge in [-0.3, -0.25) is 4.79 Å². The van der Waals surface area contributed by atoms with Crippen LogP contribution < -0.4 is 16.4 Å². The van der Waals surface area contributed by atoms with E-state index in [-0.39, 0.29) is 18.3 Å². The van der Waals surface area contributed by atoms with E-state index in [2.05, 4.69) is 15.8 Å². The molecule has 0 aliphatic carbocycles. The van der Waals surface area contributed by atoms with Crippen LogP contribution in [0.3, 0.4) is 0 Å². The van der Waals surface area contributed by atoms with Crippen molar-refractivity contribution in [2.45, 2.75) is 13.5 Å². The Morgan fingerprint density at radius 1 is 1.48 bits per heavy atom. The van der Waals surface area contributed by atoms with Crippen LogP contribution in [-0.2, 0) is 16.1 Å². The molecule has 21 heavy (non-hydrogen) atoms. The number of aryl methyl sites for hydroxylation is 1. The number of nitrogens with one attached hydrogen (secondary N) is 2. The molecule has 0 spiro atoms. The fourth-order valence-corrected chi connectivity index (χ4v) is 1.78. The topological polar surface area (TPSA) is 109 Å². The van der Waals surface area contributed by atoms with Crippen molar-refractivity contribution in [2.24, 2.45) is 10.9 Å². The lowest BCUT2D eigenvalue weighted by Gasteiger charge is -2.10. The lowest BCUT2D eigenvalue weighted by Crippen LogP contribution is -2.35. The number of carbonyl (C=O) groups is 1. The number of benzene rings is 1. The maximum atomic E-state index is 11.5. The van der Waals surface area contributed by atoms with Crippen molar-refractivity contribution >= 4 is 11.7 Å². The number of nitrogens with two attached hydrogens (primary N) is 1. The highest BCUT2D eigenvalue weighted by atomic mass is 16.5. The van der Waals surface area contributed by atoms with Crippen molar-refractivity contribution in [3.63, 3.8) is 0 Å². The first-order valence-corrected chi connectivity index (χ1v) is 6.62. The van der Waals surface area contributed by atoms with Crippen LogP contribution in [0.2, 0.25) is 0 Å². The van der Waals surface area contributed by atoms with Gasteiger partial charge in [-0.15, -0.1) is 0 Å². The Labute approximate surface area is 124 Å². The van der Waals surface area contributed by atoms with Crippen LogP contribution in [0.15, 0.2) is 23.4 Å². The van der Waals surface area contributed by atoms with E-state index in [1.807, 2.05) is 19.1 Å². The first kappa shape index (κ1) is 16.9. The number of hydrogen-bond donors (Lipinski definition) is 4. The lowest BCUT2D eigenvalue weighted by molar-refractivity contribution is -0.120. The van der Waals surface area contributed by atoms with Gasteiger partial charge >= 0.3 is 0 Å². The third kappa shape index (κ3) is 5.80. The molecule has 7 nitrogen and oxygen atoms in total. The molecule has 0 saturated carbocycles. The summed E-state index contributed by atoms with van der Waals surface area (Å²) in [6.07, 6.45) is 0. The molecule has 0 aliphatic heterocycles. The van der Waals surface area contributed by atoms with Crippen molar-refractivity contribution in [3.05, 3.63) is 34.9 Å². The summed E-state index contributed by atoms with van der Waals surface area (Å²) in [5.41, 5.74) is 8.25. The molecule has 1 aromatic rings. The zero-order chi connectivity index (χ0) is 15.7. The summed E-state index contributed by atoms with van der Waals surface area (Å²) in [5.74, 6) is 0.00751. The average Bonchev–Trinajstić information content (AvgIpc) is 2.48. The van der Waals surface area contributed by atoms with Crippen LogP contribution in [0.25, 0.3) is 0 Å². The van der Waals surface area contributed by atoms with Crippen molar-refractivity contribution < 1.29 is 14.7 Å². The number of amidine groups is 1. The predicted octanol–water partition coefficient (Wildman–Crippen LogP) is -0.0583. The van der Waals surface area contributed by atoms with Gasteiger partial charge in [0.1, 0.15) is 0 Å². The molecule has 0 radical (unpaired) electrons. The number of carbonyl (C=O) groups excluding carboxylic acids is 1. The van der Waals surface area contributed by atoms with E-state index >= 15 is 0 Å². The Hall–Kier alpha value is -2.12. The molecule has 1 aromatic carbocycles. The number of nitrogens with zero attached hydrogens (tertiary/aromatic N) is 1. The van der Waals surface area contributed by atoms with Crippen LogP contribution in [0.5, 0.6) is 0 Å². The quantitative estimate of drug-likeness (QED) is 0.177. The number of amides is 1. The molecule has 0 aromatic heterocycles. The lowest BCUT2D eigenvalue weighted by atomic mass is 10.0. The largest absolute Gasteiger partial charge is 0.409 e. The average molecular weight is 294 g/mol. The molecule has 116 valence electrons. The SMILES string of the molecule is COCCNC(=O)CNCc1ccc(/C(N)=N/O)cc1C. The van der Waals surface area contributed by atoms with Gasteiger partial charge in [-0.2, -0.15) is 0 Å². The summed E-state index contributed by atoms with van der Waals surface area (Å²) >= 11 is 0. The molecular weight excluding hydrogens is 272 g/mol. The normalized spacial score (nSPS) is 11.4. The van der Waals surface area contributed by atoms with Gasteiger partial charge in [0.25, 0.3) is 0 Å². The van der Waals surface area contributed by atoms with Gasteiger partial charge in [-0.25, -0.2) is 0 Å². The Balaban J connectivity index is 2.44. The molecule has 0 bridgehead atoms. The van der Waals surface area contributed by atoms with Crippen molar-refractivity contribution in [3.8, 4) is 0 Å². The van der Waals surface area contributed by atoms with E-state index in [4.69, 9.17) is 15.7 Å². The number of ether oxygens (including phenoxy) is 1. The molecule has 1 rings (SSSR count). The second kappa shape index (κ2) is 8.93. The smallest absolute Gasteiger partial charge is 0.234 e. The fourth-order valence-electron chi connectivity index (χ4n) is 1.78. The van der Waals surface area contributed by atoms with Crippen molar-refractivity contribution in [1.82, 2.24) is 10.6 Å². The highest BCUT2D eigenvalue weighted by Gasteiger charge is 2.05. The molecular formula is C14H22N4O3. The van der Waals surface area contributed by atoms with E-state index in [1.54, 1.807) is 13.2 Å². The van der Waals surface area contributed by atoms with Gasteiger partial charge in [0.15, 0.2) is 5.84 Å². The molecule has 0 fully saturated rings. The maximum absolute atomic E-state index is 11.5. The van der Waals surface area contributed by atoms with Gasteiger partial charge in [-0.1, -0.05) is 17.3 Å². The minimum atomic E-state index is -0.0713. The first-order valence-electron chi connectivity index (χ1n) is 6.62. The summed E-state index contributed by atoms with van der Waals surface area (Å²) in [5, 5.41) is 17.4. The minimum Gasteiger partial charge on any atom is -0.409 e. The van der Waals surface area contributed by atoms with Crippen LogP contribution >= 0.6 is 0 Å². The van der Waals surface area contributed by atoms with Crippen molar-refractivity contribution in [1.29, 1.82) is 0 Å². The van der Waals surface area contributed by atoms with E-state index in [0.29, 0.717) is 25.3 Å². The maximum Gasteiger partial charge on any atom is 0.234 e. The zero-order valence-corrected chi connectivity index (χ0v) is 12.3. The monoisotopic (exact) mass is 294 g/mol. The molecule has 0 saturated heterocycles. The van der Waals surface area contributed by atoms with Crippen molar-refractivity contribution in [2.75, 3.05) is 26.8 Å². The van der Waals surface area contributed by atoms with Gasteiger partial charge in [0.05, 0.1) is 13.2 Å². The third-order valence-electron chi connectivity index (χ3n) is 2.98. The summed E-state index contributed by atoms with van der Waals surface area (Å²) in [6.45, 7) is 3.75. The van der Waals surface area contributed by atoms with Gasteiger partial charge in [0.2, 0.25) is 5.91 Å². The zero-order valence-electron chi connectivity index (χ0n) is 12.3. The highest BCUT2D eigenvalue weighted by Crippen LogP contribution is 2.10. The second-order valence-corrected chi connectivity index (χ2v) is 4.57. The standard InChI is InChI=1S/C14H22N4O3/c1-10-7-11(14(15)18-20)3-4-12(10)8-16-9-13(19)17-5-6-21-2/h3-4,7,16,20H,5-6,8-9H2,1-2H3,(H2,15,18)(H,17,19). The second-order valence-electron chi connectivity index (χ2n) is 4.57. The Bertz CT molecular complexity index is 503. The molecule has 0 unspecified atom stereocenters. The summed E-state index contributed by atoms with van der Waals surface area (Å²) in [4.78, 5) is 11.5. The van der Waals surface area contributed by atoms with Crippen LogP contribution in [-0.4, -0.2) is 43.8 Å². The predicted molar refractivity (Wildman–Crippen MR) is 80.3 cm³/mol. The Kier molecular flexibility index (Phi) is 7.20. The Morgan fingerprint density at radius 3 is 2.86 bits per heavy atom. The van der Waals surface area contributed by atoms with Gasteiger partial charge in [-0.05, 0) is 24.1 Å². The fraction of sp³-hybridized carbons (Fsp3) is 0.429. The van der Waals surface area contributed by atoms with Gasteiger partial charge < -0.3 is 26.3 Å². The Morgan fingerprint density at radius 2 is 2.24 bits per heavy atom. The molecule has 5 N–H and O–H groups in total. The first-order chi connectivity index (χ1) is 10.1. The van der Waals surface area contributed by atoms with Crippen LogP contribution in [0.4, 0.5) is 0 Å². The number of rotatable bonds is 8. The third-order valence-corrected chi connectivity index (χ3v) is 2.98. The number of hydrogen-bond acceptors (Lipinski definition) is 5. The highest BCUT2D eigenvalue weighted by molar-refractivity contribution is 5.97. The number of methoxy groups -OCH3 is 1. The minimum absolute atomic E-state index is 0.0713. The van der Waals surface area contributed by atoms with Gasteiger partial charge in [0, 0.05) is 25.8 Å². The van der Waals surface area contributed by atoms with E-state index in [0.717, 1.165) is 11.1 Å². The summed E-state index contributed by atoms with van der Waals surface area (Å²) in [7, 11) is 1.59. The van der Waals surface area contributed by atoms with E-state index < -0.39 is 0 Å². The molecule has 7 heteroatoms. The molecule has 0 atom stereocenters. The van der Waals surface area contributed by atoms with E-state index in [1.165, 1.54) is 0 Å².